The number of methoxy groups -OCH3 is 1. The van der Waals surface area contributed by atoms with Gasteiger partial charge in [0, 0.05) is 19.8 Å². The molecule has 1 amide bonds. The van der Waals surface area contributed by atoms with Crippen LogP contribution in [0.2, 0.25) is 0 Å². The largest absolute Gasteiger partial charge is 0.503 e. The van der Waals surface area contributed by atoms with Gasteiger partial charge in [-0.15, -0.1) is 0 Å². The Morgan fingerprint density at radius 2 is 1.80 bits per heavy atom. The Labute approximate surface area is 116 Å². The van der Waals surface area contributed by atoms with Gasteiger partial charge in [-0.3, -0.25) is 4.79 Å². The Morgan fingerprint density at radius 1 is 1.20 bits per heavy atom. The van der Waals surface area contributed by atoms with Gasteiger partial charge >= 0.3 is 0 Å². The van der Waals surface area contributed by atoms with E-state index in [9.17, 15) is 15.0 Å². The molecule has 2 N–H and O–H groups in total. The van der Waals surface area contributed by atoms with E-state index >= 15 is 0 Å². The quantitative estimate of drug-likeness (QED) is 0.893. The summed E-state index contributed by atoms with van der Waals surface area (Å²) in [6.45, 7) is 0. The lowest BCUT2D eigenvalue weighted by Crippen LogP contribution is -2.24. The summed E-state index contributed by atoms with van der Waals surface area (Å²) in [6, 6.07) is 6.91. The highest BCUT2D eigenvalue weighted by Gasteiger charge is 2.23. The molecule has 0 radical (unpaired) electrons. The van der Waals surface area contributed by atoms with Crippen LogP contribution in [0.4, 0.5) is 0 Å². The lowest BCUT2D eigenvalue weighted by Gasteiger charge is -2.13. The Bertz CT molecular complexity index is 629. The second kappa shape index (κ2) is 5.16. The van der Waals surface area contributed by atoms with E-state index in [0.717, 1.165) is 0 Å². The highest BCUT2D eigenvalue weighted by atomic mass is 16.5. The zero-order valence-corrected chi connectivity index (χ0v) is 11.5. The molecule has 6 heteroatoms. The predicted octanol–water partition coefficient (Wildman–Crippen LogP) is 1.60. The highest BCUT2D eigenvalue weighted by molar-refractivity contribution is 5.96. The van der Waals surface area contributed by atoms with Gasteiger partial charge in [0.1, 0.15) is 5.75 Å². The number of rotatable bonds is 3. The first kappa shape index (κ1) is 13.8. The smallest absolute Gasteiger partial charge is 0.274 e. The number of benzene rings is 1. The Hall–Kier alpha value is -2.63. The number of ether oxygens (including phenoxy) is 1. The number of hydrogen-bond donors (Lipinski definition) is 2. The van der Waals surface area contributed by atoms with Gasteiger partial charge in [0.05, 0.1) is 13.3 Å². The zero-order chi connectivity index (χ0) is 14.9. The second-order valence-corrected chi connectivity index (χ2v) is 4.48. The molecule has 0 fully saturated rings. The molecule has 0 spiro atoms. The molecule has 6 nitrogen and oxygen atoms in total. The molecule has 0 aliphatic rings. The van der Waals surface area contributed by atoms with E-state index < -0.39 is 11.7 Å². The average Bonchev–Trinajstić information content (AvgIpc) is 2.74. The normalized spacial score (nSPS) is 10.3. The summed E-state index contributed by atoms with van der Waals surface area (Å²) in [6.07, 6.45) is 1.30. The molecule has 2 rings (SSSR count). The molecule has 0 saturated carbocycles. The zero-order valence-electron chi connectivity index (χ0n) is 11.5. The number of carbonyl (C=O) groups excluding carboxylic acids is 1. The van der Waals surface area contributed by atoms with E-state index in [1.54, 1.807) is 45.5 Å². The maximum absolute atomic E-state index is 12.1. The van der Waals surface area contributed by atoms with E-state index in [1.807, 2.05) is 0 Å². The van der Waals surface area contributed by atoms with Crippen LogP contribution in [0.25, 0.3) is 5.69 Å². The minimum absolute atomic E-state index is 0.0117. The summed E-state index contributed by atoms with van der Waals surface area (Å²) < 4.78 is 6.50. The minimum atomic E-state index is -0.431. The van der Waals surface area contributed by atoms with Crippen molar-refractivity contribution in [3.63, 3.8) is 0 Å². The molecule has 20 heavy (non-hydrogen) atoms. The van der Waals surface area contributed by atoms with E-state index in [-0.39, 0.29) is 11.4 Å². The minimum Gasteiger partial charge on any atom is -0.503 e. The molecular weight excluding hydrogens is 260 g/mol. The van der Waals surface area contributed by atoms with Gasteiger partial charge in [0.25, 0.3) is 5.91 Å². The molecule has 2 aromatic rings. The first-order valence-corrected chi connectivity index (χ1v) is 5.95. The summed E-state index contributed by atoms with van der Waals surface area (Å²) in [5, 5.41) is 19.5. The van der Waals surface area contributed by atoms with Crippen LogP contribution in [-0.2, 0) is 0 Å². The standard InChI is InChI=1S/C14H16N2O4/c1-15(2)14(19)12-13(18)11(17)8-16(12)9-4-6-10(20-3)7-5-9/h4-8,17-18H,1-3H3. The van der Waals surface area contributed by atoms with Crippen molar-refractivity contribution in [3.8, 4) is 22.9 Å². The Kier molecular flexibility index (Phi) is 3.56. The lowest BCUT2D eigenvalue weighted by atomic mass is 10.2. The van der Waals surface area contributed by atoms with Crippen molar-refractivity contribution in [2.75, 3.05) is 21.2 Å². The van der Waals surface area contributed by atoms with Crippen LogP contribution < -0.4 is 4.74 Å². The van der Waals surface area contributed by atoms with Gasteiger partial charge < -0.3 is 24.4 Å². The fraction of sp³-hybridized carbons (Fsp3) is 0.214. The fourth-order valence-corrected chi connectivity index (χ4v) is 1.85. The van der Waals surface area contributed by atoms with E-state index in [0.29, 0.717) is 11.4 Å². The van der Waals surface area contributed by atoms with Crippen LogP contribution in [0.5, 0.6) is 17.2 Å². The van der Waals surface area contributed by atoms with Crippen molar-refractivity contribution in [3.05, 3.63) is 36.2 Å². The first-order chi connectivity index (χ1) is 9.45. The number of amides is 1. The third kappa shape index (κ3) is 2.27. The summed E-state index contributed by atoms with van der Waals surface area (Å²) in [7, 11) is 4.71. The third-order valence-corrected chi connectivity index (χ3v) is 2.92. The van der Waals surface area contributed by atoms with Gasteiger partial charge in [-0.1, -0.05) is 0 Å². The van der Waals surface area contributed by atoms with Crippen molar-refractivity contribution < 1.29 is 19.7 Å². The summed E-state index contributed by atoms with van der Waals surface area (Å²) in [5.74, 6) is -0.501. The molecule has 0 aliphatic carbocycles. The van der Waals surface area contributed by atoms with Gasteiger partial charge in [-0.25, -0.2) is 0 Å². The van der Waals surface area contributed by atoms with Crippen molar-refractivity contribution in [1.29, 1.82) is 0 Å². The Balaban J connectivity index is 2.55. The number of carbonyl (C=O) groups is 1. The monoisotopic (exact) mass is 276 g/mol. The lowest BCUT2D eigenvalue weighted by molar-refractivity contribution is 0.0816. The van der Waals surface area contributed by atoms with Gasteiger partial charge in [0.2, 0.25) is 0 Å². The van der Waals surface area contributed by atoms with Crippen LogP contribution in [0.15, 0.2) is 30.5 Å². The summed E-state index contributed by atoms with van der Waals surface area (Å²) >= 11 is 0. The molecule has 0 saturated heterocycles. The number of aromatic nitrogens is 1. The van der Waals surface area contributed by atoms with E-state index in [4.69, 9.17) is 4.74 Å². The third-order valence-electron chi connectivity index (χ3n) is 2.92. The number of nitrogens with zero attached hydrogens (tertiary/aromatic N) is 2. The molecule has 0 atom stereocenters. The number of aromatic hydroxyl groups is 2. The molecular formula is C14H16N2O4. The fourth-order valence-electron chi connectivity index (χ4n) is 1.85. The van der Waals surface area contributed by atoms with Gasteiger partial charge in [-0.2, -0.15) is 0 Å². The van der Waals surface area contributed by atoms with E-state index in [2.05, 4.69) is 0 Å². The molecule has 1 heterocycles. The second-order valence-electron chi connectivity index (χ2n) is 4.48. The van der Waals surface area contributed by atoms with Crippen molar-refractivity contribution in [2.24, 2.45) is 0 Å². The Morgan fingerprint density at radius 3 is 2.30 bits per heavy atom. The SMILES string of the molecule is COc1ccc(-n2cc(O)c(O)c2C(=O)N(C)C)cc1. The molecule has 0 bridgehead atoms. The molecule has 0 unspecified atom stereocenters. The van der Waals surface area contributed by atoms with Crippen LogP contribution in [0.3, 0.4) is 0 Å². The molecule has 0 aliphatic heterocycles. The predicted molar refractivity (Wildman–Crippen MR) is 73.7 cm³/mol. The van der Waals surface area contributed by atoms with Crippen LogP contribution >= 0.6 is 0 Å². The van der Waals surface area contributed by atoms with Crippen LogP contribution in [0.1, 0.15) is 10.5 Å². The van der Waals surface area contributed by atoms with Crippen LogP contribution in [0, 0.1) is 0 Å². The van der Waals surface area contributed by atoms with Crippen LogP contribution in [-0.4, -0.2) is 46.8 Å². The number of hydrogen-bond acceptors (Lipinski definition) is 4. The maximum Gasteiger partial charge on any atom is 0.274 e. The summed E-state index contributed by atoms with van der Waals surface area (Å²) in [4.78, 5) is 13.4. The highest BCUT2D eigenvalue weighted by Crippen LogP contribution is 2.34. The summed E-state index contributed by atoms with van der Waals surface area (Å²) in [5.41, 5.74) is 0.643. The first-order valence-electron chi connectivity index (χ1n) is 5.95. The topological polar surface area (TPSA) is 74.9 Å². The van der Waals surface area contributed by atoms with Crippen molar-refractivity contribution in [1.82, 2.24) is 9.47 Å². The van der Waals surface area contributed by atoms with Crippen molar-refractivity contribution in [2.45, 2.75) is 0 Å². The molecule has 1 aromatic carbocycles. The average molecular weight is 276 g/mol. The van der Waals surface area contributed by atoms with Gasteiger partial charge in [0.15, 0.2) is 17.2 Å². The maximum atomic E-state index is 12.1. The van der Waals surface area contributed by atoms with Gasteiger partial charge in [-0.05, 0) is 24.3 Å². The molecule has 1 aromatic heterocycles. The molecule has 106 valence electrons. The van der Waals surface area contributed by atoms with Crippen molar-refractivity contribution >= 4 is 5.91 Å². The van der Waals surface area contributed by atoms with E-state index in [1.165, 1.54) is 15.7 Å².